The Kier molecular flexibility index (Phi) is 5.84. The summed E-state index contributed by atoms with van der Waals surface area (Å²) in [5.74, 6) is 0.512. The van der Waals surface area contributed by atoms with Gasteiger partial charge in [-0.05, 0) is 58.5 Å². The van der Waals surface area contributed by atoms with Crippen molar-refractivity contribution in [1.29, 1.82) is 0 Å². The monoisotopic (exact) mass is 303 g/mol. The van der Waals surface area contributed by atoms with E-state index in [-0.39, 0.29) is 12.1 Å². The Morgan fingerprint density at radius 2 is 1.80 bits per heavy atom. The minimum absolute atomic E-state index is 0.0445. The molecule has 2 saturated heterocycles. The van der Waals surface area contributed by atoms with Crippen molar-refractivity contribution in [3.63, 3.8) is 0 Å². The van der Waals surface area contributed by atoms with E-state index in [2.05, 4.69) is 10.0 Å². The Morgan fingerprint density at radius 3 is 2.45 bits per heavy atom. The van der Waals surface area contributed by atoms with Crippen LogP contribution in [0.4, 0.5) is 0 Å². The number of nitrogens with zero attached hydrogens (tertiary/aromatic N) is 1. The summed E-state index contributed by atoms with van der Waals surface area (Å²) in [5, 5.41) is 3.37. The minimum atomic E-state index is -3.34. The average molecular weight is 303 g/mol. The number of nitrogens with one attached hydrogen (secondary N) is 2. The predicted octanol–water partition coefficient (Wildman–Crippen LogP) is 1.47. The molecule has 6 heteroatoms. The Labute approximate surface area is 123 Å². The molecule has 2 rings (SSSR count). The quantitative estimate of drug-likeness (QED) is 0.827. The number of rotatable bonds is 4. The summed E-state index contributed by atoms with van der Waals surface area (Å²) in [5.41, 5.74) is 0. The number of piperidine rings is 1. The molecule has 2 aliphatic heterocycles. The maximum Gasteiger partial charge on any atom is 0.279 e. The van der Waals surface area contributed by atoms with Crippen LogP contribution in [0.3, 0.4) is 0 Å². The van der Waals surface area contributed by atoms with Gasteiger partial charge in [0.2, 0.25) is 0 Å². The molecule has 1 unspecified atom stereocenters. The van der Waals surface area contributed by atoms with Gasteiger partial charge in [-0.3, -0.25) is 0 Å². The van der Waals surface area contributed by atoms with E-state index in [1.807, 2.05) is 13.8 Å². The Balaban J connectivity index is 2.15. The molecule has 0 bridgehead atoms. The van der Waals surface area contributed by atoms with E-state index < -0.39 is 10.2 Å². The lowest BCUT2D eigenvalue weighted by Crippen LogP contribution is -2.52. The first-order chi connectivity index (χ1) is 9.50. The van der Waals surface area contributed by atoms with Crippen molar-refractivity contribution >= 4 is 10.2 Å². The van der Waals surface area contributed by atoms with E-state index in [9.17, 15) is 8.42 Å². The van der Waals surface area contributed by atoms with Crippen LogP contribution in [0, 0.1) is 5.92 Å². The topological polar surface area (TPSA) is 61.4 Å². The van der Waals surface area contributed by atoms with Crippen LogP contribution >= 0.6 is 0 Å². The van der Waals surface area contributed by atoms with Crippen LogP contribution in [-0.2, 0) is 10.2 Å². The highest BCUT2D eigenvalue weighted by atomic mass is 32.2. The molecule has 0 saturated carbocycles. The highest BCUT2D eigenvalue weighted by Crippen LogP contribution is 2.29. The molecule has 118 valence electrons. The molecule has 2 fully saturated rings. The molecule has 0 aromatic carbocycles. The maximum absolute atomic E-state index is 12.6. The molecule has 2 heterocycles. The lowest BCUT2D eigenvalue weighted by atomic mass is 9.88. The first-order valence-corrected chi connectivity index (χ1v) is 9.44. The summed E-state index contributed by atoms with van der Waals surface area (Å²) in [7, 11) is -3.34. The minimum Gasteiger partial charge on any atom is -0.317 e. The fraction of sp³-hybridized carbons (Fsp3) is 1.00. The van der Waals surface area contributed by atoms with Gasteiger partial charge < -0.3 is 5.32 Å². The third kappa shape index (κ3) is 4.16. The zero-order valence-electron chi connectivity index (χ0n) is 12.8. The SMILES string of the molecule is CC(C)NS(=O)(=O)N1CCCCCC1C1CCNCC1. The van der Waals surface area contributed by atoms with E-state index in [1.165, 1.54) is 0 Å². The van der Waals surface area contributed by atoms with Crippen LogP contribution in [-0.4, -0.2) is 44.4 Å². The fourth-order valence-corrected chi connectivity index (χ4v) is 5.21. The summed E-state index contributed by atoms with van der Waals surface area (Å²) in [6, 6.07) is 0.146. The van der Waals surface area contributed by atoms with E-state index in [4.69, 9.17) is 0 Å². The molecule has 0 aliphatic carbocycles. The van der Waals surface area contributed by atoms with Crippen LogP contribution in [0.1, 0.15) is 52.4 Å². The van der Waals surface area contributed by atoms with Crippen molar-refractivity contribution in [1.82, 2.24) is 14.3 Å². The standard InChI is InChI=1S/C14H29N3O2S/c1-12(2)16-20(18,19)17-11-5-3-4-6-14(17)13-7-9-15-10-8-13/h12-16H,3-11H2,1-2H3. The van der Waals surface area contributed by atoms with Gasteiger partial charge in [0.25, 0.3) is 10.2 Å². The molecule has 5 nitrogen and oxygen atoms in total. The number of hydrogen-bond donors (Lipinski definition) is 2. The van der Waals surface area contributed by atoms with E-state index in [0.717, 1.165) is 51.6 Å². The number of hydrogen-bond acceptors (Lipinski definition) is 3. The lowest BCUT2D eigenvalue weighted by Gasteiger charge is -2.37. The summed E-state index contributed by atoms with van der Waals surface area (Å²) in [4.78, 5) is 0. The third-order valence-electron chi connectivity index (χ3n) is 4.37. The zero-order valence-corrected chi connectivity index (χ0v) is 13.6. The maximum atomic E-state index is 12.6. The first-order valence-electron chi connectivity index (χ1n) is 8.00. The Hall–Kier alpha value is -0.170. The average Bonchev–Trinajstić information content (AvgIpc) is 2.64. The molecule has 0 amide bonds. The van der Waals surface area contributed by atoms with Gasteiger partial charge in [0, 0.05) is 18.6 Å². The van der Waals surface area contributed by atoms with Crippen LogP contribution in [0.25, 0.3) is 0 Å². The van der Waals surface area contributed by atoms with Crippen LogP contribution < -0.4 is 10.0 Å². The highest BCUT2D eigenvalue weighted by Gasteiger charge is 2.36. The van der Waals surface area contributed by atoms with Gasteiger partial charge in [-0.2, -0.15) is 17.4 Å². The molecule has 0 spiro atoms. The van der Waals surface area contributed by atoms with Gasteiger partial charge in [-0.15, -0.1) is 0 Å². The van der Waals surface area contributed by atoms with Crippen molar-refractivity contribution in [2.45, 2.75) is 64.5 Å². The van der Waals surface area contributed by atoms with E-state index >= 15 is 0 Å². The highest BCUT2D eigenvalue weighted by molar-refractivity contribution is 7.87. The fourth-order valence-electron chi connectivity index (χ4n) is 3.47. The Morgan fingerprint density at radius 1 is 1.10 bits per heavy atom. The first kappa shape index (κ1) is 16.2. The smallest absolute Gasteiger partial charge is 0.279 e. The second kappa shape index (κ2) is 7.20. The van der Waals surface area contributed by atoms with Crippen LogP contribution in [0.5, 0.6) is 0 Å². The molecular weight excluding hydrogens is 274 g/mol. The second-order valence-electron chi connectivity index (χ2n) is 6.39. The van der Waals surface area contributed by atoms with Gasteiger partial charge in [-0.1, -0.05) is 12.8 Å². The molecule has 0 aromatic rings. The largest absolute Gasteiger partial charge is 0.317 e. The van der Waals surface area contributed by atoms with Gasteiger partial charge >= 0.3 is 0 Å². The van der Waals surface area contributed by atoms with Crippen molar-refractivity contribution < 1.29 is 8.42 Å². The summed E-state index contributed by atoms with van der Waals surface area (Å²) in [6.07, 6.45) is 6.50. The van der Waals surface area contributed by atoms with Crippen molar-refractivity contribution in [2.75, 3.05) is 19.6 Å². The zero-order chi connectivity index (χ0) is 14.6. The summed E-state index contributed by atoms with van der Waals surface area (Å²) in [6.45, 7) is 6.49. The van der Waals surface area contributed by atoms with Gasteiger partial charge in [-0.25, -0.2) is 0 Å². The second-order valence-corrected chi connectivity index (χ2v) is 8.05. The normalized spacial score (nSPS) is 27.6. The molecule has 20 heavy (non-hydrogen) atoms. The molecule has 2 aliphatic rings. The third-order valence-corrected chi connectivity index (χ3v) is 6.21. The lowest BCUT2D eigenvalue weighted by molar-refractivity contribution is 0.195. The van der Waals surface area contributed by atoms with E-state index in [0.29, 0.717) is 12.5 Å². The summed E-state index contributed by atoms with van der Waals surface area (Å²) >= 11 is 0. The molecule has 2 N–H and O–H groups in total. The Bertz CT molecular complexity index is 391. The van der Waals surface area contributed by atoms with Crippen molar-refractivity contribution in [2.24, 2.45) is 5.92 Å². The molecular formula is C14H29N3O2S. The molecule has 1 atom stereocenters. The van der Waals surface area contributed by atoms with Gasteiger partial charge in [0.15, 0.2) is 0 Å². The molecule has 0 radical (unpaired) electrons. The molecule has 0 aromatic heterocycles. The van der Waals surface area contributed by atoms with Crippen molar-refractivity contribution in [3.05, 3.63) is 0 Å². The predicted molar refractivity (Wildman–Crippen MR) is 81.7 cm³/mol. The summed E-state index contributed by atoms with van der Waals surface area (Å²) < 4.78 is 29.7. The van der Waals surface area contributed by atoms with Crippen LogP contribution in [0.2, 0.25) is 0 Å². The van der Waals surface area contributed by atoms with Crippen molar-refractivity contribution in [3.8, 4) is 0 Å². The van der Waals surface area contributed by atoms with E-state index in [1.54, 1.807) is 4.31 Å². The van der Waals surface area contributed by atoms with Gasteiger partial charge in [0.1, 0.15) is 0 Å². The van der Waals surface area contributed by atoms with Crippen LogP contribution in [0.15, 0.2) is 0 Å². The van der Waals surface area contributed by atoms with Gasteiger partial charge in [0.05, 0.1) is 0 Å².